The molecule has 0 bridgehead atoms. The molecule has 1 aromatic heterocycles. The van der Waals surface area contributed by atoms with E-state index in [0.717, 1.165) is 18.6 Å². The average molecular weight is 256 g/mol. The van der Waals surface area contributed by atoms with Crippen molar-refractivity contribution in [3.05, 3.63) is 54.0 Å². The Kier molecular flexibility index (Phi) is 2.99. The number of rotatable bonds is 4. The summed E-state index contributed by atoms with van der Waals surface area (Å²) < 4.78 is 5.33. The second-order valence-corrected chi connectivity index (χ2v) is 4.83. The fourth-order valence-corrected chi connectivity index (χ4v) is 2.17. The van der Waals surface area contributed by atoms with Crippen LogP contribution in [0, 0.1) is 0 Å². The Hall–Kier alpha value is -2.23. The molecule has 0 aliphatic heterocycles. The monoisotopic (exact) mass is 256 g/mol. The van der Waals surface area contributed by atoms with Gasteiger partial charge in [-0.25, -0.2) is 0 Å². The van der Waals surface area contributed by atoms with E-state index in [4.69, 9.17) is 10.2 Å². The van der Waals surface area contributed by atoms with Gasteiger partial charge in [0.15, 0.2) is 0 Å². The molecule has 1 heterocycles. The molecule has 1 saturated carbocycles. The van der Waals surface area contributed by atoms with Gasteiger partial charge in [0.1, 0.15) is 5.76 Å². The Morgan fingerprint density at radius 1 is 1.26 bits per heavy atom. The van der Waals surface area contributed by atoms with E-state index in [1.807, 2.05) is 29.2 Å². The second kappa shape index (κ2) is 4.80. The highest BCUT2D eigenvalue weighted by atomic mass is 16.3. The molecule has 1 aromatic carbocycles. The van der Waals surface area contributed by atoms with Crippen molar-refractivity contribution in [3.63, 3.8) is 0 Å². The van der Waals surface area contributed by atoms with Crippen LogP contribution in [-0.4, -0.2) is 16.8 Å². The first-order chi connectivity index (χ1) is 9.25. The van der Waals surface area contributed by atoms with Gasteiger partial charge in [-0.3, -0.25) is 4.79 Å². The lowest BCUT2D eigenvalue weighted by molar-refractivity contribution is 0.0718. The van der Waals surface area contributed by atoms with E-state index in [1.165, 1.54) is 0 Å². The summed E-state index contributed by atoms with van der Waals surface area (Å²) in [5.41, 5.74) is 6.98. The molecule has 0 saturated heterocycles. The fourth-order valence-electron chi connectivity index (χ4n) is 2.17. The van der Waals surface area contributed by atoms with Crippen molar-refractivity contribution in [1.82, 2.24) is 4.90 Å². The maximum atomic E-state index is 12.6. The SMILES string of the molecule is Nc1ccccc1C(=O)N(Cc1ccco1)C1CC1. The van der Waals surface area contributed by atoms with E-state index in [9.17, 15) is 4.79 Å². The molecular weight excluding hydrogens is 240 g/mol. The first-order valence-electron chi connectivity index (χ1n) is 6.43. The lowest BCUT2D eigenvalue weighted by Gasteiger charge is -2.22. The normalized spacial score (nSPS) is 14.3. The smallest absolute Gasteiger partial charge is 0.256 e. The zero-order valence-electron chi connectivity index (χ0n) is 10.6. The first-order valence-corrected chi connectivity index (χ1v) is 6.43. The van der Waals surface area contributed by atoms with Crippen molar-refractivity contribution >= 4 is 11.6 Å². The molecule has 4 heteroatoms. The van der Waals surface area contributed by atoms with Gasteiger partial charge < -0.3 is 15.1 Å². The summed E-state index contributed by atoms with van der Waals surface area (Å²) in [6.07, 6.45) is 3.74. The van der Waals surface area contributed by atoms with Gasteiger partial charge in [0.2, 0.25) is 0 Å². The average Bonchev–Trinajstić information content (AvgIpc) is 3.13. The van der Waals surface area contributed by atoms with Crippen molar-refractivity contribution < 1.29 is 9.21 Å². The van der Waals surface area contributed by atoms with Crippen LogP contribution in [0.15, 0.2) is 47.1 Å². The van der Waals surface area contributed by atoms with Gasteiger partial charge in [0.05, 0.1) is 18.4 Å². The molecule has 4 nitrogen and oxygen atoms in total. The van der Waals surface area contributed by atoms with Crippen LogP contribution in [0.3, 0.4) is 0 Å². The van der Waals surface area contributed by atoms with E-state index in [-0.39, 0.29) is 5.91 Å². The topological polar surface area (TPSA) is 59.5 Å². The summed E-state index contributed by atoms with van der Waals surface area (Å²) in [6, 6.07) is 11.2. The molecule has 0 unspecified atom stereocenters. The Labute approximate surface area is 111 Å². The molecule has 0 spiro atoms. The number of benzene rings is 1. The highest BCUT2D eigenvalue weighted by Crippen LogP contribution is 2.30. The van der Waals surface area contributed by atoms with Crippen LogP contribution >= 0.6 is 0 Å². The lowest BCUT2D eigenvalue weighted by Crippen LogP contribution is -2.32. The number of hydrogen-bond acceptors (Lipinski definition) is 3. The Balaban J connectivity index is 1.84. The number of carbonyl (C=O) groups is 1. The summed E-state index contributed by atoms with van der Waals surface area (Å²) in [6.45, 7) is 0.505. The molecule has 0 atom stereocenters. The van der Waals surface area contributed by atoms with Crippen LogP contribution in [0.1, 0.15) is 29.0 Å². The third-order valence-corrected chi connectivity index (χ3v) is 3.35. The maximum absolute atomic E-state index is 12.6. The van der Waals surface area contributed by atoms with Crippen LogP contribution in [0.25, 0.3) is 0 Å². The largest absolute Gasteiger partial charge is 0.467 e. The van der Waals surface area contributed by atoms with Crippen LogP contribution in [-0.2, 0) is 6.54 Å². The van der Waals surface area contributed by atoms with Crippen LogP contribution in [0.5, 0.6) is 0 Å². The van der Waals surface area contributed by atoms with E-state index < -0.39 is 0 Å². The Morgan fingerprint density at radius 3 is 2.68 bits per heavy atom. The quantitative estimate of drug-likeness (QED) is 0.855. The molecule has 1 aliphatic carbocycles. The van der Waals surface area contributed by atoms with Gasteiger partial charge >= 0.3 is 0 Å². The van der Waals surface area contributed by atoms with Gasteiger partial charge in [0.25, 0.3) is 5.91 Å². The zero-order valence-corrected chi connectivity index (χ0v) is 10.6. The molecule has 2 aromatic rings. The van der Waals surface area contributed by atoms with Gasteiger partial charge in [-0.2, -0.15) is 0 Å². The lowest BCUT2D eigenvalue weighted by atomic mass is 10.1. The fraction of sp³-hybridized carbons (Fsp3) is 0.267. The minimum Gasteiger partial charge on any atom is -0.467 e. The molecule has 3 rings (SSSR count). The number of hydrogen-bond donors (Lipinski definition) is 1. The molecule has 19 heavy (non-hydrogen) atoms. The van der Waals surface area contributed by atoms with Crippen molar-refractivity contribution in [2.75, 3.05) is 5.73 Å². The van der Waals surface area contributed by atoms with E-state index in [2.05, 4.69) is 0 Å². The highest BCUT2D eigenvalue weighted by Gasteiger charge is 2.34. The van der Waals surface area contributed by atoms with Crippen LogP contribution in [0.2, 0.25) is 0 Å². The minimum absolute atomic E-state index is 0.0167. The van der Waals surface area contributed by atoms with Crippen molar-refractivity contribution in [2.24, 2.45) is 0 Å². The number of amides is 1. The Bertz CT molecular complexity index is 574. The van der Waals surface area contributed by atoms with Crippen molar-refractivity contribution in [2.45, 2.75) is 25.4 Å². The molecule has 1 aliphatic rings. The first kappa shape index (κ1) is 11.8. The molecule has 98 valence electrons. The summed E-state index contributed by atoms with van der Waals surface area (Å²) in [5, 5.41) is 0. The van der Waals surface area contributed by atoms with Crippen LogP contribution < -0.4 is 5.73 Å². The molecule has 2 N–H and O–H groups in total. The zero-order chi connectivity index (χ0) is 13.2. The number of para-hydroxylation sites is 1. The molecular formula is C15H16N2O2. The molecule has 1 fully saturated rings. The number of furan rings is 1. The van der Waals surface area contributed by atoms with E-state index in [1.54, 1.807) is 18.4 Å². The number of nitrogens with two attached hydrogens (primary N) is 1. The second-order valence-electron chi connectivity index (χ2n) is 4.83. The minimum atomic E-state index is -0.0167. The van der Waals surface area contributed by atoms with E-state index in [0.29, 0.717) is 23.8 Å². The Morgan fingerprint density at radius 2 is 2.05 bits per heavy atom. The summed E-state index contributed by atoms with van der Waals surface area (Å²) in [5.74, 6) is 0.784. The third kappa shape index (κ3) is 2.47. The third-order valence-electron chi connectivity index (χ3n) is 3.35. The maximum Gasteiger partial charge on any atom is 0.256 e. The highest BCUT2D eigenvalue weighted by molar-refractivity contribution is 5.99. The standard InChI is InChI=1S/C15H16N2O2/c16-14-6-2-1-5-13(14)15(18)17(11-7-8-11)10-12-4-3-9-19-12/h1-6,9,11H,7-8,10,16H2. The molecule has 1 amide bonds. The summed E-state index contributed by atoms with van der Waals surface area (Å²) in [4.78, 5) is 14.4. The number of carbonyl (C=O) groups excluding carboxylic acids is 1. The number of nitrogen functional groups attached to an aromatic ring is 1. The van der Waals surface area contributed by atoms with Gasteiger partial charge in [-0.1, -0.05) is 12.1 Å². The van der Waals surface area contributed by atoms with Gasteiger partial charge in [0, 0.05) is 11.7 Å². The van der Waals surface area contributed by atoms with Crippen molar-refractivity contribution in [3.8, 4) is 0 Å². The predicted octanol–water partition coefficient (Wildman–Crippen LogP) is 2.67. The van der Waals surface area contributed by atoms with E-state index >= 15 is 0 Å². The van der Waals surface area contributed by atoms with Crippen molar-refractivity contribution in [1.29, 1.82) is 0 Å². The predicted molar refractivity (Wildman–Crippen MR) is 72.5 cm³/mol. The summed E-state index contributed by atoms with van der Waals surface area (Å²) in [7, 11) is 0. The van der Waals surface area contributed by atoms with Gasteiger partial charge in [-0.15, -0.1) is 0 Å². The number of anilines is 1. The van der Waals surface area contributed by atoms with Gasteiger partial charge in [-0.05, 0) is 37.1 Å². The number of nitrogens with zero attached hydrogens (tertiary/aromatic N) is 1. The molecule has 0 radical (unpaired) electrons. The van der Waals surface area contributed by atoms with Crippen LogP contribution in [0.4, 0.5) is 5.69 Å². The summed E-state index contributed by atoms with van der Waals surface area (Å²) >= 11 is 0.